The maximum absolute atomic E-state index is 6.11. The smallest absolute Gasteiger partial charge is 0.225 e. The number of anilines is 2. The van der Waals surface area contributed by atoms with Crippen LogP contribution in [0.5, 0.6) is 0 Å². The number of hydrogen-bond acceptors (Lipinski definition) is 6. The van der Waals surface area contributed by atoms with Crippen molar-refractivity contribution in [3.63, 3.8) is 0 Å². The molecular formula is C16H19ClN6O. The molecule has 0 aliphatic carbocycles. The fraction of sp³-hybridized carbons (Fsp3) is 0.375. The number of methoxy groups -OCH3 is 1. The van der Waals surface area contributed by atoms with Crippen LogP contribution < -0.4 is 5.32 Å². The van der Waals surface area contributed by atoms with Crippen LogP contribution in [0.3, 0.4) is 0 Å². The number of fused-ring (bicyclic) bond motifs is 1. The molecule has 3 aromatic heterocycles. The number of ether oxygens (including phenoxy) is 1. The summed E-state index contributed by atoms with van der Waals surface area (Å²) in [7, 11) is 1.66. The molecule has 0 aliphatic rings. The molecule has 0 unspecified atom stereocenters. The Balaban J connectivity index is 2.10. The molecule has 1 N–H and O–H groups in total. The Bertz CT molecular complexity index is 846. The van der Waals surface area contributed by atoms with Crippen LogP contribution in [0.2, 0.25) is 5.28 Å². The highest BCUT2D eigenvalue weighted by molar-refractivity contribution is 6.28. The zero-order chi connectivity index (χ0) is 17.1. The van der Waals surface area contributed by atoms with E-state index >= 15 is 0 Å². The van der Waals surface area contributed by atoms with Gasteiger partial charge in [0.05, 0.1) is 18.8 Å². The van der Waals surface area contributed by atoms with E-state index in [1.807, 2.05) is 30.7 Å². The first-order chi connectivity index (χ1) is 11.6. The molecule has 0 atom stereocenters. The van der Waals surface area contributed by atoms with Gasteiger partial charge in [-0.2, -0.15) is 10.1 Å². The number of pyridine rings is 1. The Labute approximate surface area is 145 Å². The number of halogens is 1. The van der Waals surface area contributed by atoms with Crippen molar-refractivity contribution < 1.29 is 4.74 Å². The molecule has 3 heterocycles. The molecule has 24 heavy (non-hydrogen) atoms. The molecule has 0 spiro atoms. The van der Waals surface area contributed by atoms with Crippen LogP contribution in [0.1, 0.15) is 18.2 Å². The van der Waals surface area contributed by atoms with Crippen molar-refractivity contribution in [1.29, 1.82) is 0 Å². The third-order valence-electron chi connectivity index (χ3n) is 3.63. The van der Waals surface area contributed by atoms with Gasteiger partial charge in [0.2, 0.25) is 5.28 Å². The third kappa shape index (κ3) is 3.32. The lowest BCUT2D eigenvalue weighted by atomic mass is 10.3. The zero-order valence-electron chi connectivity index (χ0n) is 13.9. The third-order valence-corrected chi connectivity index (χ3v) is 3.80. The largest absolute Gasteiger partial charge is 0.383 e. The summed E-state index contributed by atoms with van der Waals surface area (Å²) in [5, 5.41) is 8.02. The van der Waals surface area contributed by atoms with Crippen LogP contribution in [0.4, 0.5) is 11.6 Å². The van der Waals surface area contributed by atoms with Crippen molar-refractivity contribution in [2.24, 2.45) is 0 Å². The molecule has 0 fully saturated rings. The van der Waals surface area contributed by atoms with E-state index in [-0.39, 0.29) is 5.28 Å². The van der Waals surface area contributed by atoms with E-state index in [0.29, 0.717) is 24.8 Å². The topological polar surface area (TPSA) is 77.8 Å². The number of rotatable bonds is 6. The van der Waals surface area contributed by atoms with Crippen molar-refractivity contribution in [2.75, 3.05) is 19.0 Å². The lowest BCUT2D eigenvalue weighted by Crippen LogP contribution is -2.08. The van der Waals surface area contributed by atoms with Crippen LogP contribution in [-0.4, -0.2) is 38.4 Å². The summed E-state index contributed by atoms with van der Waals surface area (Å²) in [6, 6.07) is 3.88. The Hall–Kier alpha value is -2.25. The predicted octanol–water partition coefficient (Wildman–Crippen LogP) is 3.14. The molecule has 126 valence electrons. The average Bonchev–Trinajstić information content (AvgIpc) is 2.92. The van der Waals surface area contributed by atoms with Gasteiger partial charge in [0.25, 0.3) is 0 Å². The summed E-state index contributed by atoms with van der Waals surface area (Å²) >= 11 is 6.11. The Morgan fingerprint density at radius 1 is 1.29 bits per heavy atom. The van der Waals surface area contributed by atoms with Crippen LogP contribution >= 0.6 is 11.6 Å². The summed E-state index contributed by atoms with van der Waals surface area (Å²) in [4.78, 5) is 13.1. The normalized spacial score (nSPS) is 11.2. The SMILES string of the molecule is CCc1nn(CCOC)c2c(Nc3ccc(C)cn3)nc(Cl)nc12. The monoisotopic (exact) mass is 346 g/mol. The number of aryl methyl sites for hydroxylation is 2. The van der Waals surface area contributed by atoms with Crippen molar-refractivity contribution >= 4 is 34.3 Å². The van der Waals surface area contributed by atoms with Crippen LogP contribution in [0.25, 0.3) is 11.0 Å². The molecule has 0 radical (unpaired) electrons. The highest BCUT2D eigenvalue weighted by atomic mass is 35.5. The fourth-order valence-electron chi connectivity index (χ4n) is 2.44. The molecule has 0 bridgehead atoms. The Kier molecular flexibility index (Phi) is 4.92. The van der Waals surface area contributed by atoms with Gasteiger partial charge in [-0.25, -0.2) is 9.97 Å². The Morgan fingerprint density at radius 3 is 2.79 bits per heavy atom. The van der Waals surface area contributed by atoms with E-state index in [0.717, 1.165) is 28.7 Å². The lowest BCUT2D eigenvalue weighted by Gasteiger charge is -2.09. The first-order valence-corrected chi connectivity index (χ1v) is 8.11. The number of hydrogen-bond donors (Lipinski definition) is 1. The molecule has 8 heteroatoms. The molecular weight excluding hydrogens is 328 g/mol. The average molecular weight is 347 g/mol. The van der Waals surface area contributed by atoms with Gasteiger partial charge in [-0.15, -0.1) is 0 Å². The Morgan fingerprint density at radius 2 is 2.12 bits per heavy atom. The quantitative estimate of drug-likeness (QED) is 0.691. The number of aromatic nitrogens is 5. The van der Waals surface area contributed by atoms with Gasteiger partial charge >= 0.3 is 0 Å². The molecule has 0 saturated carbocycles. The zero-order valence-corrected chi connectivity index (χ0v) is 14.6. The summed E-state index contributed by atoms with van der Waals surface area (Å²) in [5.41, 5.74) is 3.52. The number of nitrogens with zero attached hydrogens (tertiary/aromatic N) is 5. The van der Waals surface area contributed by atoms with Crippen molar-refractivity contribution in [3.8, 4) is 0 Å². The minimum absolute atomic E-state index is 0.179. The van der Waals surface area contributed by atoms with E-state index in [4.69, 9.17) is 16.3 Å². The molecule has 0 saturated heterocycles. The second kappa shape index (κ2) is 7.11. The second-order valence-corrected chi connectivity index (χ2v) is 5.74. The minimum atomic E-state index is 0.179. The van der Waals surface area contributed by atoms with Gasteiger partial charge in [-0.05, 0) is 36.6 Å². The summed E-state index contributed by atoms with van der Waals surface area (Å²) < 4.78 is 7.02. The lowest BCUT2D eigenvalue weighted by molar-refractivity contribution is 0.184. The van der Waals surface area contributed by atoms with Gasteiger partial charge in [-0.3, -0.25) is 4.68 Å². The van der Waals surface area contributed by atoms with Gasteiger partial charge in [-0.1, -0.05) is 13.0 Å². The molecule has 7 nitrogen and oxygen atoms in total. The van der Waals surface area contributed by atoms with Gasteiger partial charge in [0.15, 0.2) is 5.82 Å². The van der Waals surface area contributed by atoms with Gasteiger partial charge in [0.1, 0.15) is 16.9 Å². The summed E-state index contributed by atoms with van der Waals surface area (Å²) in [5.74, 6) is 1.28. The molecule has 3 rings (SSSR count). The first kappa shape index (κ1) is 16.6. The maximum Gasteiger partial charge on any atom is 0.225 e. The molecule has 0 aromatic carbocycles. The van der Waals surface area contributed by atoms with Crippen molar-refractivity contribution in [1.82, 2.24) is 24.7 Å². The van der Waals surface area contributed by atoms with Gasteiger partial charge < -0.3 is 10.1 Å². The summed E-state index contributed by atoms with van der Waals surface area (Å²) in [6.07, 6.45) is 2.55. The fourth-order valence-corrected chi connectivity index (χ4v) is 2.61. The second-order valence-electron chi connectivity index (χ2n) is 5.40. The molecule has 3 aromatic rings. The predicted molar refractivity (Wildman–Crippen MR) is 93.8 cm³/mol. The van der Waals surface area contributed by atoms with E-state index in [2.05, 4.69) is 25.4 Å². The molecule has 0 aliphatic heterocycles. The highest BCUT2D eigenvalue weighted by Gasteiger charge is 2.17. The molecule has 0 amide bonds. The minimum Gasteiger partial charge on any atom is -0.383 e. The van der Waals surface area contributed by atoms with Crippen LogP contribution in [0.15, 0.2) is 18.3 Å². The van der Waals surface area contributed by atoms with Crippen LogP contribution in [0, 0.1) is 6.92 Å². The van der Waals surface area contributed by atoms with E-state index < -0.39 is 0 Å². The standard InChI is InChI=1S/C16H19ClN6O/c1-4-11-13-14(23(22-11)7-8-24-3)15(21-16(17)20-13)19-12-6-5-10(2)9-18-12/h5-6,9H,4,7-8H2,1-3H3,(H,18,19,20,21). The highest BCUT2D eigenvalue weighted by Crippen LogP contribution is 2.27. The van der Waals surface area contributed by atoms with Crippen molar-refractivity contribution in [2.45, 2.75) is 26.8 Å². The van der Waals surface area contributed by atoms with E-state index in [1.165, 1.54) is 0 Å². The van der Waals surface area contributed by atoms with Gasteiger partial charge in [0, 0.05) is 13.3 Å². The first-order valence-electron chi connectivity index (χ1n) is 7.74. The van der Waals surface area contributed by atoms with E-state index in [9.17, 15) is 0 Å². The van der Waals surface area contributed by atoms with Crippen LogP contribution in [-0.2, 0) is 17.7 Å². The maximum atomic E-state index is 6.11. The number of nitrogens with one attached hydrogen (secondary N) is 1. The van der Waals surface area contributed by atoms with E-state index in [1.54, 1.807) is 13.3 Å². The van der Waals surface area contributed by atoms with Crippen molar-refractivity contribution in [3.05, 3.63) is 34.9 Å². The summed E-state index contributed by atoms with van der Waals surface area (Å²) in [6.45, 7) is 5.18.